The van der Waals surface area contributed by atoms with E-state index in [1.54, 1.807) is 6.07 Å². The maximum absolute atomic E-state index is 11.9. The highest BCUT2D eigenvalue weighted by Gasteiger charge is 2.42. The summed E-state index contributed by atoms with van der Waals surface area (Å²) in [5.74, 6) is -2.88. The molecule has 7 heteroatoms. The Balaban J connectivity index is 2.37. The van der Waals surface area contributed by atoms with Crippen LogP contribution in [0.2, 0.25) is 0 Å². The Hall–Kier alpha value is -1.25. The summed E-state index contributed by atoms with van der Waals surface area (Å²) in [6.07, 6.45) is 5.17. The van der Waals surface area contributed by atoms with Crippen LogP contribution in [0.25, 0.3) is 0 Å². The van der Waals surface area contributed by atoms with E-state index >= 15 is 0 Å². The van der Waals surface area contributed by atoms with Crippen LogP contribution in [-0.2, 0) is 19.1 Å². The first kappa shape index (κ1) is 18.8. The van der Waals surface area contributed by atoms with Gasteiger partial charge in [-0.1, -0.05) is 62.2 Å². The van der Waals surface area contributed by atoms with Crippen molar-refractivity contribution in [3.05, 3.63) is 10.1 Å². The summed E-state index contributed by atoms with van der Waals surface area (Å²) in [4.78, 5) is 23.2. The van der Waals surface area contributed by atoms with Crippen molar-refractivity contribution in [1.82, 2.24) is 0 Å². The van der Waals surface area contributed by atoms with Gasteiger partial charge in [-0.3, -0.25) is 4.79 Å². The van der Waals surface area contributed by atoms with Gasteiger partial charge in [-0.15, -0.1) is 0 Å². The number of halogens is 2. The zero-order chi connectivity index (χ0) is 16.5. The third kappa shape index (κ3) is 5.19. The summed E-state index contributed by atoms with van der Waals surface area (Å²) >= 11 is 11.4. The molecule has 0 aromatic heterocycles. The van der Waals surface area contributed by atoms with E-state index in [1.165, 1.54) is 19.3 Å². The Morgan fingerprint density at radius 2 is 1.95 bits per heavy atom. The molecule has 5 nitrogen and oxygen atoms in total. The van der Waals surface area contributed by atoms with E-state index in [-0.39, 0.29) is 16.7 Å². The zero-order valence-electron chi connectivity index (χ0n) is 12.4. The number of carbonyl (C=O) groups excluding carboxylic acids is 2. The molecule has 0 bridgehead atoms. The van der Waals surface area contributed by atoms with Crippen LogP contribution in [-0.4, -0.2) is 24.6 Å². The lowest BCUT2D eigenvalue weighted by molar-refractivity contribution is -0.152. The second kappa shape index (κ2) is 9.70. The number of carbonyl (C=O) groups is 2. The molecule has 1 aliphatic heterocycles. The van der Waals surface area contributed by atoms with E-state index in [0.29, 0.717) is 0 Å². The number of nitrogens with zero attached hydrogens (tertiary/aromatic N) is 1. The van der Waals surface area contributed by atoms with Gasteiger partial charge in [0.05, 0.1) is 17.7 Å². The lowest BCUT2D eigenvalue weighted by Gasteiger charge is -2.15. The van der Waals surface area contributed by atoms with Crippen LogP contribution < -0.4 is 0 Å². The first-order chi connectivity index (χ1) is 10.5. The van der Waals surface area contributed by atoms with Crippen LogP contribution in [0, 0.1) is 17.2 Å². The van der Waals surface area contributed by atoms with Crippen molar-refractivity contribution in [3.8, 4) is 6.07 Å². The molecule has 2 atom stereocenters. The Kier molecular flexibility index (Phi) is 8.29. The maximum Gasteiger partial charge on any atom is 0.351 e. The lowest BCUT2D eigenvalue weighted by atomic mass is 10.0. The largest absolute Gasteiger partial charge is 0.465 e. The maximum atomic E-state index is 11.9. The summed E-state index contributed by atoms with van der Waals surface area (Å²) in [6, 6.07) is 1.76. The molecule has 0 spiro atoms. The first-order valence-electron chi connectivity index (χ1n) is 7.35. The number of unbranched alkanes of at least 4 members (excludes halogenated alkanes) is 5. The molecule has 0 amide bonds. The van der Waals surface area contributed by atoms with Gasteiger partial charge < -0.3 is 9.47 Å². The second-order valence-electron chi connectivity index (χ2n) is 5.03. The molecule has 0 aromatic carbocycles. The smallest absolute Gasteiger partial charge is 0.351 e. The average molecular weight is 348 g/mol. The van der Waals surface area contributed by atoms with Crippen molar-refractivity contribution in [2.75, 3.05) is 6.61 Å². The van der Waals surface area contributed by atoms with Crippen LogP contribution in [0.4, 0.5) is 0 Å². The molecule has 0 fully saturated rings. The van der Waals surface area contributed by atoms with E-state index in [4.69, 9.17) is 37.9 Å². The highest BCUT2D eigenvalue weighted by atomic mass is 35.5. The van der Waals surface area contributed by atoms with Crippen molar-refractivity contribution in [2.45, 2.75) is 51.6 Å². The monoisotopic (exact) mass is 347 g/mol. The predicted molar refractivity (Wildman–Crippen MR) is 82.1 cm³/mol. The third-order valence-electron chi connectivity index (χ3n) is 3.31. The van der Waals surface area contributed by atoms with Crippen LogP contribution in [0.5, 0.6) is 0 Å². The number of rotatable bonds is 9. The third-order valence-corrected chi connectivity index (χ3v) is 4.17. The van der Waals surface area contributed by atoms with Gasteiger partial charge in [-0.05, 0) is 6.42 Å². The van der Waals surface area contributed by atoms with Gasteiger partial charge in [0.25, 0.3) is 0 Å². The standard InChI is InChI=1S/C15H19Cl2NO4/c1-2-3-4-5-6-7-8-21-14(19)10(9-18)13-11(16)12(17)15(20)22-13/h10,13H,2-8H2,1H3. The van der Waals surface area contributed by atoms with Crippen LogP contribution in [0.3, 0.4) is 0 Å². The molecule has 22 heavy (non-hydrogen) atoms. The van der Waals surface area contributed by atoms with Crippen molar-refractivity contribution < 1.29 is 19.1 Å². The molecule has 1 rings (SSSR count). The minimum Gasteiger partial charge on any atom is -0.465 e. The average Bonchev–Trinajstić information content (AvgIpc) is 2.75. The minimum atomic E-state index is -1.30. The van der Waals surface area contributed by atoms with Crippen molar-refractivity contribution >= 4 is 35.1 Å². The molecule has 122 valence electrons. The molecule has 2 unspecified atom stereocenters. The molecule has 0 N–H and O–H groups in total. The molecule has 0 saturated carbocycles. The summed E-state index contributed by atoms with van der Waals surface area (Å²) < 4.78 is 9.89. The molecule has 0 aromatic rings. The molecule has 0 saturated heterocycles. The van der Waals surface area contributed by atoms with E-state index in [1.807, 2.05) is 0 Å². The van der Waals surface area contributed by atoms with Crippen molar-refractivity contribution in [3.63, 3.8) is 0 Å². The number of cyclic esters (lactones) is 1. The van der Waals surface area contributed by atoms with Gasteiger partial charge in [0, 0.05) is 0 Å². The first-order valence-corrected chi connectivity index (χ1v) is 8.10. The summed E-state index contributed by atoms with van der Waals surface area (Å²) in [5, 5.41) is 8.65. The predicted octanol–water partition coefficient (Wildman–Crippen LogP) is 3.64. The molecular formula is C15H19Cl2NO4. The zero-order valence-corrected chi connectivity index (χ0v) is 14.0. The number of ether oxygens (including phenoxy) is 2. The normalized spacial score (nSPS) is 18.8. The van der Waals surface area contributed by atoms with Crippen LogP contribution in [0.1, 0.15) is 45.4 Å². The second-order valence-corrected chi connectivity index (χ2v) is 5.82. The number of hydrogen-bond acceptors (Lipinski definition) is 5. The fourth-order valence-electron chi connectivity index (χ4n) is 2.04. The van der Waals surface area contributed by atoms with Gasteiger partial charge in [-0.25, -0.2) is 4.79 Å². The Labute approximate surface area is 140 Å². The van der Waals surface area contributed by atoms with Gasteiger partial charge in [0.1, 0.15) is 5.03 Å². The highest BCUT2D eigenvalue weighted by molar-refractivity contribution is 6.48. The SMILES string of the molecule is CCCCCCCCOC(=O)C(C#N)C1OC(=O)C(Cl)=C1Cl. The fraction of sp³-hybridized carbons (Fsp3) is 0.667. The van der Waals surface area contributed by atoms with Crippen LogP contribution >= 0.6 is 23.2 Å². The van der Waals surface area contributed by atoms with E-state index < -0.39 is 24.0 Å². The van der Waals surface area contributed by atoms with Crippen molar-refractivity contribution in [1.29, 1.82) is 5.26 Å². The highest BCUT2D eigenvalue weighted by Crippen LogP contribution is 2.33. The molecule has 0 radical (unpaired) electrons. The Morgan fingerprint density at radius 3 is 2.50 bits per heavy atom. The van der Waals surface area contributed by atoms with Gasteiger partial charge in [-0.2, -0.15) is 5.26 Å². The van der Waals surface area contributed by atoms with Gasteiger partial charge in [0.2, 0.25) is 0 Å². The van der Waals surface area contributed by atoms with Crippen molar-refractivity contribution in [2.24, 2.45) is 5.92 Å². The topological polar surface area (TPSA) is 76.4 Å². The van der Waals surface area contributed by atoms with E-state index in [0.717, 1.165) is 19.3 Å². The molecular weight excluding hydrogens is 329 g/mol. The van der Waals surface area contributed by atoms with Crippen LogP contribution in [0.15, 0.2) is 10.1 Å². The number of nitriles is 1. The quantitative estimate of drug-likeness (QED) is 0.470. The number of hydrogen-bond donors (Lipinski definition) is 0. The summed E-state index contributed by atoms with van der Waals surface area (Å²) in [7, 11) is 0. The molecule has 1 aliphatic rings. The fourth-order valence-corrected chi connectivity index (χ4v) is 2.44. The Morgan fingerprint density at radius 1 is 1.32 bits per heavy atom. The van der Waals surface area contributed by atoms with Gasteiger partial charge >= 0.3 is 11.9 Å². The van der Waals surface area contributed by atoms with Gasteiger partial charge in [0.15, 0.2) is 12.0 Å². The van der Waals surface area contributed by atoms with E-state index in [9.17, 15) is 9.59 Å². The molecule has 1 heterocycles. The minimum absolute atomic E-state index is 0.130. The summed E-state index contributed by atoms with van der Waals surface area (Å²) in [5.41, 5.74) is 0. The Bertz CT molecular complexity index is 484. The van der Waals surface area contributed by atoms with E-state index in [2.05, 4.69) is 6.92 Å². The summed E-state index contributed by atoms with van der Waals surface area (Å²) in [6.45, 7) is 2.38. The molecule has 0 aliphatic carbocycles. The lowest BCUT2D eigenvalue weighted by Crippen LogP contribution is -2.30. The number of esters is 2.